The Labute approximate surface area is 120 Å². The van der Waals surface area contributed by atoms with Crippen LogP contribution in [0.25, 0.3) is 0 Å². The first-order chi connectivity index (χ1) is 9.43. The summed E-state index contributed by atoms with van der Waals surface area (Å²) in [4.78, 5) is 13.9. The molecule has 0 fully saturated rings. The van der Waals surface area contributed by atoms with Crippen LogP contribution >= 0.6 is 0 Å². The minimum Gasteiger partial charge on any atom is -0.344 e. The molecule has 20 heavy (non-hydrogen) atoms. The lowest BCUT2D eigenvalue weighted by Gasteiger charge is -2.20. The maximum atomic E-state index is 12.4. The van der Waals surface area contributed by atoms with Gasteiger partial charge in [-0.25, -0.2) is 8.42 Å². The van der Waals surface area contributed by atoms with Crippen LogP contribution in [0.2, 0.25) is 0 Å². The van der Waals surface area contributed by atoms with E-state index in [0.29, 0.717) is 0 Å². The Morgan fingerprint density at radius 2 is 1.80 bits per heavy atom. The van der Waals surface area contributed by atoms with E-state index in [-0.39, 0.29) is 29.9 Å². The van der Waals surface area contributed by atoms with Gasteiger partial charge in [0, 0.05) is 25.3 Å². The summed E-state index contributed by atoms with van der Waals surface area (Å²) in [6.45, 7) is 1.91. The summed E-state index contributed by atoms with van der Waals surface area (Å²) in [5.41, 5.74) is 2.47. The van der Waals surface area contributed by atoms with Crippen LogP contribution in [0.5, 0.6) is 0 Å². The van der Waals surface area contributed by atoms with E-state index in [9.17, 15) is 13.2 Å². The molecule has 1 aromatic rings. The highest BCUT2D eigenvalue weighted by Gasteiger charge is 2.29. The van der Waals surface area contributed by atoms with Crippen LogP contribution < -0.4 is 0 Å². The summed E-state index contributed by atoms with van der Waals surface area (Å²) in [7, 11) is -1.33. The van der Waals surface area contributed by atoms with E-state index in [1.54, 1.807) is 18.9 Å². The Kier molecular flexibility index (Phi) is 4.48. The fraction of sp³-hybridized carbons (Fsp3) is 0.533. The molecule has 0 unspecified atom stereocenters. The number of hydrogen-bond donors (Lipinski definition) is 0. The molecular weight excluding hydrogens is 274 g/mol. The SMILES string of the molecule is CCS(=O)(=O)CCN(C)C(=O)C1Cc2ccccc2C1. The zero-order chi connectivity index (χ0) is 14.8. The van der Waals surface area contributed by atoms with Gasteiger partial charge in [-0.15, -0.1) is 0 Å². The van der Waals surface area contributed by atoms with Crippen molar-refractivity contribution in [3.05, 3.63) is 35.4 Å². The van der Waals surface area contributed by atoms with Gasteiger partial charge in [-0.2, -0.15) is 0 Å². The lowest BCUT2D eigenvalue weighted by Crippen LogP contribution is -2.36. The van der Waals surface area contributed by atoms with Gasteiger partial charge in [0.05, 0.1) is 5.75 Å². The van der Waals surface area contributed by atoms with Crippen molar-refractivity contribution in [2.75, 3.05) is 25.1 Å². The van der Waals surface area contributed by atoms with Crippen LogP contribution in [0.15, 0.2) is 24.3 Å². The largest absolute Gasteiger partial charge is 0.344 e. The van der Waals surface area contributed by atoms with Crippen molar-refractivity contribution in [3.8, 4) is 0 Å². The highest BCUT2D eigenvalue weighted by atomic mass is 32.2. The zero-order valence-electron chi connectivity index (χ0n) is 12.0. The van der Waals surface area contributed by atoms with Crippen molar-refractivity contribution in [1.82, 2.24) is 4.90 Å². The summed E-state index contributed by atoms with van der Waals surface area (Å²) in [5, 5.41) is 0. The summed E-state index contributed by atoms with van der Waals surface area (Å²) >= 11 is 0. The third-order valence-corrected chi connectivity index (χ3v) is 5.64. The van der Waals surface area contributed by atoms with Crippen molar-refractivity contribution >= 4 is 15.7 Å². The normalized spacial score (nSPS) is 15.1. The molecule has 0 heterocycles. The topological polar surface area (TPSA) is 54.5 Å². The van der Waals surface area contributed by atoms with Crippen molar-refractivity contribution < 1.29 is 13.2 Å². The average molecular weight is 295 g/mol. The lowest BCUT2D eigenvalue weighted by atomic mass is 10.1. The second kappa shape index (κ2) is 5.95. The van der Waals surface area contributed by atoms with Gasteiger partial charge in [0.15, 0.2) is 9.84 Å². The fourth-order valence-corrected chi connectivity index (χ4v) is 3.42. The first kappa shape index (κ1) is 15.0. The molecule has 0 bridgehead atoms. The quantitative estimate of drug-likeness (QED) is 0.822. The maximum Gasteiger partial charge on any atom is 0.226 e. The predicted molar refractivity (Wildman–Crippen MR) is 79.3 cm³/mol. The van der Waals surface area contributed by atoms with Gasteiger partial charge in [-0.3, -0.25) is 4.79 Å². The second-order valence-electron chi connectivity index (χ2n) is 5.37. The van der Waals surface area contributed by atoms with E-state index in [0.717, 1.165) is 12.8 Å². The summed E-state index contributed by atoms with van der Waals surface area (Å²) in [6, 6.07) is 8.10. The molecule has 0 spiro atoms. The number of carbonyl (C=O) groups excluding carboxylic acids is 1. The maximum absolute atomic E-state index is 12.4. The molecule has 1 aliphatic rings. The van der Waals surface area contributed by atoms with Gasteiger partial charge < -0.3 is 4.90 Å². The van der Waals surface area contributed by atoms with E-state index >= 15 is 0 Å². The van der Waals surface area contributed by atoms with E-state index < -0.39 is 9.84 Å². The molecule has 1 amide bonds. The van der Waals surface area contributed by atoms with Crippen LogP contribution in [0.1, 0.15) is 18.1 Å². The molecule has 0 radical (unpaired) electrons. The molecule has 0 atom stereocenters. The molecule has 4 nitrogen and oxygen atoms in total. The van der Waals surface area contributed by atoms with E-state index in [1.807, 2.05) is 12.1 Å². The lowest BCUT2D eigenvalue weighted by molar-refractivity contribution is -0.133. The van der Waals surface area contributed by atoms with Crippen molar-refractivity contribution in [3.63, 3.8) is 0 Å². The van der Waals surface area contributed by atoms with Crippen LogP contribution in [0.3, 0.4) is 0 Å². The van der Waals surface area contributed by atoms with Gasteiger partial charge in [-0.05, 0) is 24.0 Å². The number of rotatable bonds is 5. The minimum atomic E-state index is -3.02. The highest BCUT2D eigenvalue weighted by Crippen LogP contribution is 2.27. The molecule has 1 aromatic carbocycles. The third kappa shape index (κ3) is 3.39. The first-order valence-electron chi connectivity index (χ1n) is 6.95. The molecular formula is C15H21NO3S. The average Bonchev–Trinajstić information content (AvgIpc) is 2.87. The van der Waals surface area contributed by atoms with Crippen LogP contribution in [-0.4, -0.2) is 44.3 Å². The third-order valence-electron chi connectivity index (χ3n) is 3.95. The fourth-order valence-electron chi connectivity index (χ4n) is 2.58. The Morgan fingerprint density at radius 1 is 1.25 bits per heavy atom. The van der Waals surface area contributed by atoms with Crippen LogP contribution in [0, 0.1) is 5.92 Å². The highest BCUT2D eigenvalue weighted by molar-refractivity contribution is 7.91. The summed E-state index contributed by atoms with van der Waals surface area (Å²) in [6.07, 6.45) is 1.53. The molecule has 0 saturated heterocycles. The van der Waals surface area contributed by atoms with Gasteiger partial charge in [0.25, 0.3) is 0 Å². The van der Waals surface area contributed by atoms with Gasteiger partial charge in [0.2, 0.25) is 5.91 Å². The Balaban J connectivity index is 1.93. The van der Waals surface area contributed by atoms with Gasteiger partial charge in [0.1, 0.15) is 0 Å². The Morgan fingerprint density at radius 3 is 2.30 bits per heavy atom. The standard InChI is InChI=1S/C15H21NO3S/c1-3-20(18,19)9-8-16(2)15(17)14-10-12-6-4-5-7-13(12)11-14/h4-7,14H,3,8-11H2,1-2H3. The van der Waals surface area contributed by atoms with E-state index in [2.05, 4.69) is 12.1 Å². The number of amides is 1. The number of carbonyl (C=O) groups is 1. The predicted octanol–water partition coefficient (Wildman–Crippen LogP) is 1.29. The Bertz CT molecular complexity index is 570. The van der Waals surface area contributed by atoms with Crippen molar-refractivity contribution in [2.45, 2.75) is 19.8 Å². The smallest absolute Gasteiger partial charge is 0.226 e. The van der Waals surface area contributed by atoms with E-state index in [1.165, 1.54) is 11.1 Å². The van der Waals surface area contributed by atoms with Crippen molar-refractivity contribution in [1.29, 1.82) is 0 Å². The van der Waals surface area contributed by atoms with Crippen LogP contribution in [0.4, 0.5) is 0 Å². The number of sulfone groups is 1. The molecule has 0 N–H and O–H groups in total. The van der Waals surface area contributed by atoms with Crippen molar-refractivity contribution in [2.24, 2.45) is 5.92 Å². The van der Waals surface area contributed by atoms with Crippen LogP contribution in [-0.2, 0) is 27.5 Å². The molecule has 0 aromatic heterocycles. The minimum absolute atomic E-state index is 0.0401. The molecule has 0 saturated carbocycles. The molecule has 5 heteroatoms. The number of nitrogens with zero attached hydrogens (tertiary/aromatic N) is 1. The molecule has 0 aliphatic heterocycles. The zero-order valence-corrected chi connectivity index (χ0v) is 12.8. The first-order valence-corrected chi connectivity index (χ1v) is 8.77. The van der Waals surface area contributed by atoms with Gasteiger partial charge >= 0.3 is 0 Å². The summed E-state index contributed by atoms with van der Waals surface area (Å²) in [5.74, 6) is 0.184. The number of fused-ring (bicyclic) bond motifs is 1. The molecule has 1 aliphatic carbocycles. The molecule has 110 valence electrons. The monoisotopic (exact) mass is 295 g/mol. The van der Waals surface area contributed by atoms with E-state index in [4.69, 9.17) is 0 Å². The van der Waals surface area contributed by atoms with Gasteiger partial charge in [-0.1, -0.05) is 31.2 Å². The Hall–Kier alpha value is -1.36. The number of benzene rings is 1. The number of hydrogen-bond acceptors (Lipinski definition) is 3. The molecule has 2 rings (SSSR count). The summed E-state index contributed by atoms with van der Waals surface area (Å²) < 4.78 is 23.0. The second-order valence-corrected chi connectivity index (χ2v) is 7.84.